The average molecular weight is 664 g/mol. The summed E-state index contributed by atoms with van der Waals surface area (Å²) >= 11 is 0. The van der Waals surface area contributed by atoms with E-state index in [0.717, 1.165) is 38.5 Å². The topological polar surface area (TPSA) is 116 Å². The Hall–Kier alpha value is 0.330. The van der Waals surface area contributed by atoms with Crippen molar-refractivity contribution in [3.8, 4) is 0 Å². The highest BCUT2D eigenvalue weighted by molar-refractivity contribution is 7.54. The fourth-order valence-corrected chi connectivity index (χ4v) is 9.88. The summed E-state index contributed by atoms with van der Waals surface area (Å²) in [5.41, 5.74) is 0. The van der Waals surface area contributed by atoms with Crippen LogP contribution in [0.4, 0.5) is 0 Å². The van der Waals surface area contributed by atoms with E-state index in [9.17, 15) is 13.7 Å². The Morgan fingerprint density at radius 2 is 0.548 bits per heavy atom. The maximum Gasteiger partial charge on any atom is 0.344 e. The Balaban J connectivity index is 3.24. The van der Waals surface area contributed by atoms with Crippen molar-refractivity contribution < 1.29 is 40.8 Å². The molecule has 1 saturated heterocycles. The summed E-state index contributed by atoms with van der Waals surface area (Å²) in [6.45, 7) is 17.3. The van der Waals surface area contributed by atoms with Gasteiger partial charge in [0.2, 0.25) is 0 Å². The van der Waals surface area contributed by atoms with E-state index in [4.69, 9.17) is 27.1 Å². The van der Waals surface area contributed by atoms with Gasteiger partial charge in [-0.25, -0.2) is 0 Å². The Bertz CT molecular complexity index is 687. The molecule has 0 amide bonds. The number of nitrogens with zero attached hydrogens (tertiary/aromatic N) is 3. The molecule has 0 N–H and O–H groups in total. The van der Waals surface area contributed by atoms with Crippen LogP contribution in [0.15, 0.2) is 0 Å². The highest BCUT2D eigenvalue weighted by Crippen LogP contribution is 2.51. The zero-order chi connectivity index (χ0) is 31.3. The van der Waals surface area contributed by atoms with E-state index >= 15 is 0 Å². The van der Waals surface area contributed by atoms with Crippen LogP contribution in [0.3, 0.4) is 0 Å². The predicted octanol–water partition coefficient (Wildman–Crippen LogP) is 6.92. The maximum atomic E-state index is 13.7. The highest BCUT2D eigenvalue weighted by Gasteiger charge is 2.34. The Morgan fingerprint density at radius 3 is 0.690 bits per heavy atom. The van der Waals surface area contributed by atoms with E-state index in [-0.39, 0.29) is 18.9 Å². The molecule has 0 aromatic heterocycles. The summed E-state index contributed by atoms with van der Waals surface area (Å²) in [4.78, 5) is 6.19. The van der Waals surface area contributed by atoms with Crippen LogP contribution >= 0.6 is 22.8 Å². The second kappa shape index (κ2) is 22.8. The van der Waals surface area contributed by atoms with E-state index in [1.54, 1.807) is 0 Å². The van der Waals surface area contributed by atoms with Crippen LogP contribution in [0.5, 0.6) is 0 Å². The van der Waals surface area contributed by atoms with E-state index in [1.165, 1.54) is 0 Å². The zero-order valence-corrected chi connectivity index (χ0v) is 29.9. The van der Waals surface area contributed by atoms with Crippen molar-refractivity contribution in [2.45, 2.75) is 80.1 Å². The van der Waals surface area contributed by atoms with Crippen molar-refractivity contribution in [3.05, 3.63) is 0 Å². The lowest BCUT2D eigenvalue weighted by atomic mass is 10.5. The molecule has 252 valence electrons. The van der Waals surface area contributed by atoms with Gasteiger partial charge in [-0.3, -0.25) is 28.4 Å². The summed E-state index contributed by atoms with van der Waals surface area (Å²) in [5.74, 6) is 0. The summed E-state index contributed by atoms with van der Waals surface area (Å²) in [6, 6.07) is 0. The molecule has 42 heavy (non-hydrogen) atoms. The molecule has 0 aromatic carbocycles. The Kier molecular flexibility index (Phi) is 21.9. The van der Waals surface area contributed by atoms with E-state index in [1.807, 2.05) is 41.5 Å². The first-order valence-electron chi connectivity index (χ1n) is 15.9. The normalized spacial score (nSPS) is 17.3. The minimum absolute atomic E-state index is 0.140. The van der Waals surface area contributed by atoms with E-state index in [2.05, 4.69) is 14.7 Å². The van der Waals surface area contributed by atoms with Gasteiger partial charge in [-0.2, -0.15) is 0 Å². The molecular weight excluding hydrogens is 603 g/mol. The van der Waals surface area contributed by atoms with Crippen LogP contribution in [0.2, 0.25) is 0 Å². The second-order valence-electron chi connectivity index (χ2n) is 10.6. The molecule has 1 fully saturated rings. The molecule has 0 aromatic rings. The van der Waals surface area contributed by atoms with Gasteiger partial charge in [-0.05, 0) is 38.5 Å². The molecule has 0 atom stereocenters. The van der Waals surface area contributed by atoms with Gasteiger partial charge in [-0.15, -0.1) is 0 Å². The molecule has 12 nitrogen and oxygen atoms in total. The van der Waals surface area contributed by atoms with Gasteiger partial charge in [-0.1, -0.05) is 41.5 Å². The lowest BCUT2D eigenvalue weighted by Gasteiger charge is -2.30. The van der Waals surface area contributed by atoms with Crippen LogP contribution in [-0.2, 0) is 40.8 Å². The first-order chi connectivity index (χ1) is 20.1. The molecular formula is C27H60N3O9P3. The van der Waals surface area contributed by atoms with Crippen molar-refractivity contribution in [2.24, 2.45) is 0 Å². The van der Waals surface area contributed by atoms with E-state index in [0.29, 0.717) is 78.9 Å². The lowest BCUT2D eigenvalue weighted by Crippen LogP contribution is -2.37. The van der Waals surface area contributed by atoms with Gasteiger partial charge in [0.05, 0.1) is 39.6 Å². The first kappa shape index (κ1) is 40.4. The predicted molar refractivity (Wildman–Crippen MR) is 170 cm³/mol. The molecule has 1 rings (SSSR count). The lowest BCUT2D eigenvalue weighted by molar-refractivity contribution is 0.169. The van der Waals surface area contributed by atoms with E-state index < -0.39 is 22.8 Å². The Morgan fingerprint density at radius 1 is 0.381 bits per heavy atom. The SMILES string of the molecule is CCCOP(=O)(CN1CCN(CP(=O)(OCCC)OCCC)CCN(CP(=O)(OCCC)OCCC)CC1)OCCC. The quantitative estimate of drug-likeness (QED) is 0.0999. The summed E-state index contributed by atoms with van der Waals surface area (Å²) < 4.78 is 75.7. The van der Waals surface area contributed by atoms with Gasteiger partial charge >= 0.3 is 22.8 Å². The molecule has 0 bridgehead atoms. The van der Waals surface area contributed by atoms with Gasteiger partial charge in [0.15, 0.2) is 0 Å². The number of hydrogen-bond acceptors (Lipinski definition) is 12. The molecule has 1 heterocycles. The number of rotatable bonds is 24. The summed E-state index contributed by atoms with van der Waals surface area (Å²) in [7, 11) is -10.1. The highest BCUT2D eigenvalue weighted by atomic mass is 31.2. The minimum atomic E-state index is -3.37. The first-order valence-corrected chi connectivity index (χ1v) is 21.1. The second-order valence-corrected chi connectivity index (χ2v) is 16.7. The molecule has 1 aliphatic heterocycles. The van der Waals surface area contributed by atoms with Crippen molar-refractivity contribution in [3.63, 3.8) is 0 Å². The van der Waals surface area contributed by atoms with Crippen LogP contribution in [-0.4, -0.2) is 112 Å². The van der Waals surface area contributed by atoms with Crippen LogP contribution in [0.25, 0.3) is 0 Å². The Labute approximate surface area is 256 Å². The van der Waals surface area contributed by atoms with Gasteiger partial charge in [0, 0.05) is 39.3 Å². The average Bonchev–Trinajstić information content (AvgIpc) is 3.06. The largest absolute Gasteiger partial charge is 0.344 e. The molecule has 0 unspecified atom stereocenters. The summed E-state index contributed by atoms with van der Waals surface area (Å²) in [6.07, 6.45) is 4.82. The van der Waals surface area contributed by atoms with Gasteiger partial charge in [0.25, 0.3) is 0 Å². The standard InChI is InChI=1S/C27H60N3O9P3/c1-7-19-34-40(31,35-20-8-2)25-28-13-15-29(26-41(32,36-21-9-3)37-22-10-4)17-18-30(16-14-28)27-42(33,38-23-11-5)39-24-12-6/h7-27H2,1-6H3. The van der Waals surface area contributed by atoms with Crippen LogP contribution in [0.1, 0.15) is 80.1 Å². The fraction of sp³-hybridized carbons (Fsp3) is 1.00. The summed E-state index contributed by atoms with van der Waals surface area (Å²) in [5, 5.41) is 0. The minimum Gasteiger partial charge on any atom is -0.308 e. The maximum absolute atomic E-state index is 13.7. The number of hydrogen-bond donors (Lipinski definition) is 0. The third kappa shape index (κ3) is 17.1. The van der Waals surface area contributed by atoms with Gasteiger partial charge < -0.3 is 27.1 Å². The van der Waals surface area contributed by atoms with Crippen molar-refractivity contribution >= 4 is 22.8 Å². The van der Waals surface area contributed by atoms with Crippen LogP contribution in [0, 0.1) is 0 Å². The molecule has 1 aliphatic rings. The van der Waals surface area contributed by atoms with Gasteiger partial charge in [0.1, 0.15) is 18.9 Å². The van der Waals surface area contributed by atoms with Crippen molar-refractivity contribution in [1.82, 2.24) is 14.7 Å². The third-order valence-corrected chi connectivity index (χ3v) is 12.0. The zero-order valence-electron chi connectivity index (χ0n) is 27.2. The van der Waals surface area contributed by atoms with Crippen molar-refractivity contribution in [1.29, 1.82) is 0 Å². The monoisotopic (exact) mass is 663 g/mol. The van der Waals surface area contributed by atoms with Crippen molar-refractivity contribution in [2.75, 3.05) is 97.8 Å². The fourth-order valence-electron chi connectivity index (χ4n) is 4.08. The molecule has 0 radical (unpaired) electrons. The smallest absolute Gasteiger partial charge is 0.308 e. The molecule has 0 spiro atoms. The molecule has 0 saturated carbocycles. The molecule has 0 aliphatic carbocycles. The molecule has 15 heteroatoms. The third-order valence-electron chi connectivity index (χ3n) is 6.27. The van der Waals surface area contributed by atoms with Crippen LogP contribution < -0.4 is 0 Å².